The molecule has 0 fully saturated rings. The molecule has 29 heavy (non-hydrogen) atoms. The van der Waals surface area contributed by atoms with Gasteiger partial charge in [0.25, 0.3) is 0 Å². The van der Waals surface area contributed by atoms with Gasteiger partial charge in [0.1, 0.15) is 5.75 Å². The van der Waals surface area contributed by atoms with Crippen LogP contribution in [-0.2, 0) is 32.1 Å². The van der Waals surface area contributed by atoms with Gasteiger partial charge >= 0.3 is 0 Å². The predicted octanol–water partition coefficient (Wildman–Crippen LogP) is 8.89. The van der Waals surface area contributed by atoms with Crippen molar-refractivity contribution in [3.8, 4) is 5.75 Å². The Morgan fingerprint density at radius 2 is 0.828 bits per heavy atom. The summed E-state index contributed by atoms with van der Waals surface area (Å²) in [7, 11) is 0. The zero-order valence-corrected chi connectivity index (χ0v) is 20.5. The molecule has 0 radical (unpaired) electrons. The summed E-state index contributed by atoms with van der Waals surface area (Å²) in [4.78, 5) is 0. The van der Waals surface area contributed by atoms with Crippen LogP contribution in [0.15, 0.2) is 0 Å². The summed E-state index contributed by atoms with van der Waals surface area (Å²) >= 11 is 0. The molecule has 0 spiro atoms. The molecule has 0 saturated carbocycles. The van der Waals surface area contributed by atoms with Crippen molar-refractivity contribution < 1.29 is 5.11 Å². The molecule has 0 aliphatic carbocycles. The lowest BCUT2D eigenvalue weighted by molar-refractivity contribution is 0.457. The molecule has 0 amide bonds. The van der Waals surface area contributed by atoms with Gasteiger partial charge in [0.05, 0.1) is 0 Å². The van der Waals surface area contributed by atoms with Gasteiger partial charge in [-0.2, -0.15) is 0 Å². The smallest absolute Gasteiger partial charge is 0.122 e. The maximum atomic E-state index is 11.2. The van der Waals surface area contributed by atoms with Gasteiger partial charge in [0.15, 0.2) is 0 Å². The van der Waals surface area contributed by atoms with Crippen molar-refractivity contribution in [3.05, 3.63) is 27.8 Å². The fourth-order valence-electron chi connectivity index (χ4n) is 4.88. The molecule has 1 heteroatoms. The van der Waals surface area contributed by atoms with Gasteiger partial charge in [0.2, 0.25) is 0 Å². The Balaban J connectivity index is 3.22. The monoisotopic (exact) mass is 402 g/mol. The Labute approximate surface area is 182 Å². The Morgan fingerprint density at radius 3 is 1.28 bits per heavy atom. The predicted molar refractivity (Wildman–Crippen MR) is 130 cm³/mol. The topological polar surface area (TPSA) is 20.2 Å². The summed E-state index contributed by atoms with van der Waals surface area (Å²) in [5.41, 5.74) is 7.23. The summed E-state index contributed by atoms with van der Waals surface area (Å²) < 4.78 is 0. The Bertz CT molecular complexity index is 558. The summed E-state index contributed by atoms with van der Waals surface area (Å²) in [5.74, 6) is 0.649. The molecule has 0 heterocycles. The molecular weight excluding hydrogens is 352 g/mol. The van der Waals surface area contributed by atoms with E-state index in [1.54, 1.807) is 5.56 Å². The second-order valence-electron chi connectivity index (χ2n) is 8.92. The van der Waals surface area contributed by atoms with Gasteiger partial charge in [-0.05, 0) is 72.8 Å². The molecule has 1 N–H and O–H groups in total. The zero-order valence-electron chi connectivity index (χ0n) is 20.5. The van der Waals surface area contributed by atoms with Crippen molar-refractivity contribution in [1.82, 2.24) is 0 Å². The molecule has 0 unspecified atom stereocenters. The van der Waals surface area contributed by atoms with Gasteiger partial charge in [-0.1, -0.05) is 98.8 Å². The molecule has 0 saturated heterocycles. The highest BCUT2D eigenvalue weighted by Gasteiger charge is 2.21. The van der Waals surface area contributed by atoms with E-state index in [0.717, 1.165) is 32.1 Å². The van der Waals surface area contributed by atoms with E-state index in [-0.39, 0.29) is 0 Å². The third kappa shape index (κ3) is 8.35. The minimum atomic E-state index is 0.649. The van der Waals surface area contributed by atoms with Gasteiger partial charge in [-0.25, -0.2) is 0 Å². The van der Waals surface area contributed by atoms with Gasteiger partial charge in [0, 0.05) is 0 Å². The SMILES string of the molecule is CCCCCCCc1c(CC)c(O)c(CCC)c(CCC)c1CCCCCCC. The molecule has 1 aromatic carbocycles. The van der Waals surface area contributed by atoms with Crippen molar-refractivity contribution in [2.24, 2.45) is 0 Å². The number of hydrogen-bond acceptors (Lipinski definition) is 1. The van der Waals surface area contributed by atoms with Crippen LogP contribution in [0.4, 0.5) is 0 Å². The van der Waals surface area contributed by atoms with E-state index in [9.17, 15) is 5.11 Å². The Hall–Kier alpha value is -0.980. The molecule has 1 nitrogen and oxygen atoms in total. The third-order valence-corrected chi connectivity index (χ3v) is 6.44. The molecule has 1 rings (SSSR count). The first-order valence-corrected chi connectivity index (χ1v) is 13.0. The Kier molecular flexibility index (Phi) is 14.2. The van der Waals surface area contributed by atoms with E-state index in [0.29, 0.717) is 5.75 Å². The highest BCUT2D eigenvalue weighted by molar-refractivity contribution is 5.56. The normalized spacial score (nSPS) is 11.3. The minimum absolute atomic E-state index is 0.649. The van der Waals surface area contributed by atoms with E-state index in [1.807, 2.05) is 0 Å². The highest BCUT2D eigenvalue weighted by atomic mass is 16.3. The van der Waals surface area contributed by atoms with E-state index in [2.05, 4.69) is 34.6 Å². The van der Waals surface area contributed by atoms with Crippen molar-refractivity contribution >= 4 is 0 Å². The Morgan fingerprint density at radius 1 is 0.414 bits per heavy atom. The van der Waals surface area contributed by atoms with Crippen LogP contribution >= 0.6 is 0 Å². The second kappa shape index (κ2) is 15.8. The van der Waals surface area contributed by atoms with Crippen molar-refractivity contribution in [2.75, 3.05) is 0 Å². The maximum absolute atomic E-state index is 11.2. The van der Waals surface area contributed by atoms with Crippen LogP contribution in [0, 0.1) is 0 Å². The second-order valence-corrected chi connectivity index (χ2v) is 8.92. The van der Waals surface area contributed by atoms with Crippen LogP contribution in [0.5, 0.6) is 5.75 Å². The average molecular weight is 403 g/mol. The number of phenols is 1. The molecule has 0 aliphatic heterocycles. The quantitative estimate of drug-likeness (QED) is 0.258. The lowest BCUT2D eigenvalue weighted by Crippen LogP contribution is -2.10. The standard InChI is InChI=1S/C28H50O/c1-6-11-13-15-17-21-25-23(10-5)28(29)27(20-9-4)24(19-8-3)26(25)22-18-16-14-12-7-2/h29H,6-22H2,1-5H3. The number of unbranched alkanes of at least 4 members (excludes halogenated alkanes) is 8. The van der Waals surface area contributed by atoms with Crippen molar-refractivity contribution in [2.45, 2.75) is 144 Å². The van der Waals surface area contributed by atoms with E-state index < -0.39 is 0 Å². The fraction of sp³-hybridized carbons (Fsp3) is 0.786. The van der Waals surface area contributed by atoms with Crippen LogP contribution in [0.3, 0.4) is 0 Å². The molecule has 0 aliphatic rings. The maximum Gasteiger partial charge on any atom is 0.122 e. The molecule has 1 aromatic rings. The molecule has 0 atom stereocenters. The molecule has 168 valence electrons. The number of hydrogen-bond donors (Lipinski definition) is 1. The number of benzene rings is 1. The fourth-order valence-corrected chi connectivity index (χ4v) is 4.88. The summed E-state index contributed by atoms with van der Waals surface area (Å²) in [6, 6.07) is 0. The summed E-state index contributed by atoms with van der Waals surface area (Å²) in [6.07, 6.45) is 21.1. The van der Waals surface area contributed by atoms with E-state index >= 15 is 0 Å². The average Bonchev–Trinajstić information content (AvgIpc) is 2.72. The first-order valence-electron chi connectivity index (χ1n) is 13.0. The lowest BCUT2D eigenvalue weighted by Gasteiger charge is -2.24. The van der Waals surface area contributed by atoms with Gasteiger partial charge < -0.3 is 5.11 Å². The number of aromatic hydroxyl groups is 1. The number of rotatable bonds is 17. The summed E-state index contributed by atoms with van der Waals surface area (Å²) in [5, 5.41) is 11.2. The van der Waals surface area contributed by atoms with Crippen LogP contribution < -0.4 is 0 Å². The van der Waals surface area contributed by atoms with Crippen LogP contribution in [0.25, 0.3) is 0 Å². The highest BCUT2D eigenvalue weighted by Crippen LogP contribution is 2.37. The van der Waals surface area contributed by atoms with Gasteiger partial charge in [-0.3, -0.25) is 0 Å². The first kappa shape index (κ1) is 26.1. The van der Waals surface area contributed by atoms with E-state index in [4.69, 9.17) is 0 Å². The van der Waals surface area contributed by atoms with Crippen LogP contribution in [-0.4, -0.2) is 5.11 Å². The van der Waals surface area contributed by atoms with E-state index in [1.165, 1.54) is 99.3 Å². The van der Waals surface area contributed by atoms with Crippen LogP contribution in [0.1, 0.15) is 139 Å². The van der Waals surface area contributed by atoms with Crippen molar-refractivity contribution in [1.29, 1.82) is 0 Å². The molecule has 0 bridgehead atoms. The number of phenolic OH excluding ortho intramolecular Hbond substituents is 1. The molecule has 0 aromatic heterocycles. The first-order chi connectivity index (χ1) is 14.2. The lowest BCUT2D eigenvalue weighted by atomic mass is 9.82. The van der Waals surface area contributed by atoms with Gasteiger partial charge in [-0.15, -0.1) is 0 Å². The minimum Gasteiger partial charge on any atom is -0.507 e. The largest absolute Gasteiger partial charge is 0.507 e. The molecular formula is C28H50O. The van der Waals surface area contributed by atoms with Crippen molar-refractivity contribution in [3.63, 3.8) is 0 Å². The summed E-state index contributed by atoms with van der Waals surface area (Å²) in [6.45, 7) is 11.3. The third-order valence-electron chi connectivity index (χ3n) is 6.44. The van der Waals surface area contributed by atoms with Crippen LogP contribution in [0.2, 0.25) is 0 Å². The zero-order chi connectivity index (χ0) is 21.5.